The summed E-state index contributed by atoms with van der Waals surface area (Å²) in [4.78, 5) is 14.0. The first-order valence-electron chi connectivity index (χ1n) is 6.30. The van der Waals surface area contributed by atoms with Gasteiger partial charge >= 0.3 is 0 Å². The summed E-state index contributed by atoms with van der Waals surface area (Å²) in [6, 6.07) is -0.343. The van der Waals surface area contributed by atoms with E-state index in [1.165, 1.54) is 0 Å². The number of carbonyl (C=O) groups excluding carboxylic acids is 1. The van der Waals surface area contributed by atoms with Crippen LogP contribution in [0.3, 0.4) is 0 Å². The summed E-state index contributed by atoms with van der Waals surface area (Å²) in [6.45, 7) is 5.15. The number of nitrogens with two attached hydrogens (primary N) is 1. The lowest BCUT2D eigenvalue weighted by molar-refractivity contribution is -0.133. The van der Waals surface area contributed by atoms with Crippen LogP contribution in [0.4, 0.5) is 0 Å². The van der Waals surface area contributed by atoms with Gasteiger partial charge in [-0.3, -0.25) is 4.79 Å². The molecular weight excluding hydrogens is 236 g/mol. The number of hydrogen-bond donors (Lipinski definition) is 1. The number of rotatable bonds is 7. The molecule has 1 aliphatic rings. The first-order valence-corrected chi connectivity index (χ1v) is 7.69. The summed E-state index contributed by atoms with van der Waals surface area (Å²) in [6.07, 6.45) is 3.85. The van der Waals surface area contributed by atoms with Gasteiger partial charge in [0.15, 0.2) is 0 Å². The fraction of sp³-hybridized carbons (Fsp3) is 0.917. The highest BCUT2D eigenvalue weighted by Crippen LogP contribution is 2.14. The van der Waals surface area contributed by atoms with Crippen LogP contribution in [-0.2, 0) is 9.53 Å². The normalized spacial score (nSPS) is 21.5. The minimum atomic E-state index is -0.343. The van der Waals surface area contributed by atoms with Crippen LogP contribution in [0.5, 0.6) is 0 Å². The van der Waals surface area contributed by atoms with Crippen molar-refractivity contribution in [2.24, 2.45) is 11.7 Å². The smallest absolute Gasteiger partial charge is 0.239 e. The fourth-order valence-electron chi connectivity index (χ4n) is 2.02. The molecule has 2 N–H and O–H groups in total. The summed E-state index contributed by atoms with van der Waals surface area (Å²) in [5.41, 5.74) is 5.92. The molecule has 0 aromatic rings. The van der Waals surface area contributed by atoms with Gasteiger partial charge in [-0.1, -0.05) is 0 Å². The van der Waals surface area contributed by atoms with E-state index >= 15 is 0 Å². The number of hydrogen-bond acceptors (Lipinski definition) is 4. The molecule has 0 saturated carbocycles. The van der Waals surface area contributed by atoms with Gasteiger partial charge in [-0.05, 0) is 31.8 Å². The molecule has 1 heterocycles. The Morgan fingerprint density at radius 2 is 2.41 bits per heavy atom. The Hall–Kier alpha value is -0.260. The van der Waals surface area contributed by atoms with Gasteiger partial charge in [-0.25, -0.2) is 0 Å². The van der Waals surface area contributed by atoms with Crippen molar-refractivity contribution in [2.45, 2.75) is 25.8 Å². The monoisotopic (exact) mass is 260 g/mol. The molecule has 2 atom stereocenters. The van der Waals surface area contributed by atoms with Crippen molar-refractivity contribution in [1.29, 1.82) is 0 Å². The Labute approximate surface area is 108 Å². The van der Waals surface area contributed by atoms with Gasteiger partial charge in [0.05, 0.1) is 12.6 Å². The molecule has 1 rings (SSSR count). The van der Waals surface area contributed by atoms with Crippen LogP contribution in [-0.4, -0.2) is 55.2 Å². The zero-order chi connectivity index (χ0) is 12.7. The van der Waals surface area contributed by atoms with E-state index in [0.29, 0.717) is 5.92 Å². The minimum absolute atomic E-state index is 0.0912. The lowest BCUT2D eigenvalue weighted by atomic mass is 10.1. The topological polar surface area (TPSA) is 55.6 Å². The van der Waals surface area contributed by atoms with Gasteiger partial charge in [0.1, 0.15) is 0 Å². The quantitative estimate of drug-likeness (QED) is 0.740. The largest absolute Gasteiger partial charge is 0.381 e. The number of ether oxygens (including phenoxy) is 1. The van der Waals surface area contributed by atoms with Crippen LogP contribution in [0.2, 0.25) is 0 Å². The zero-order valence-electron chi connectivity index (χ0n) is 10.9. The first kappa shape index (κ1) is 14.8. The highest BCUT2D eigenvalue weighted by Gasteiger charge is 2.24. The van der Waals surface area contributed by atoms with Crippen LogP contribution < -0.4 is 5.73 Å². The van der Waals surface area contributed by atoms with Crippen molar-refractivity contribution < 1.29 is 9.53 Å². The SMILES string of the molecule is CCN(CC1CCOC1)C(=O)[C@@H](N)CCSC. The van der Waals surface area contributed by atoms with Crippen LogP contribution in [0.15, 0.2) is 0 Å². The van der Waals surface area contributed by atoms with E-state index in [2.05, 4.69) is 0 Å². The third kappa shape index (κ3) is 4.85. The number of likely N-dealkylation sites (N-methyl/N-ethyl adjacent to an activating group) is 1. The Bertz CT molecular complexity index is 233. The molecule has 1 aliphatic heterocycles. The highest BCUT2D eigenvalue weighted by molar-refractivity contribution is 7.98. The third-order valence-electron chi connectivity index (χ3n) is 3.15. The second-order valence-electron chi connectivity index (χ2n) is 4.49. The maximum absolute atomic E-state index is 12.1. The average Bonchev–Trinajstić information content (AvgIpc) is 2.84. The maximum Gasteiger partial charge on any atom is 0.239 e. The number of thioether (sulfide) groups is 1. The standard InChI is InChI=1S/C12H24N2O2S/c1-3-14(8-10-4-6-16-9-10)12(15)11(13)5-7-17-2/h10-11H,3-9,13H2,1-2H3/t10?,11-/m0/s1. The molecule has 17 heavy (non-hydrogen) atoms. The van der Waals surface area contributed by atoms with Crippen LogP contribution in [0, 0.1) is 5.92 Å². The van der Waals surface area contributed by atoms with E-state index < -0.39 is 0 Å². The predicted molar refractivity (Wildman–Crippen MR) is 72.2 cm³/mol. The van der Waals surface area contributed by atoms with E-state index in [0.717, 1.165) is 44.9 Å². The molecule has 0 aromatic carbocycles. The molecule has 1 fully saturated rings. The van der Waals surface area contributed by atoms with E-state index in [4.69, 9.17) is 10.5 Å². The van der Waals surface area contributed by atoms with Crippen LogP contribution >= 0.6 is 11.8 Å². The molecule has 4 nitrogen and oxygen atoms in total. The van der Waals surface area contributed by atoms with E-state index in [1.54, 1.807) is 11.8 Å². The molecule has 100 valence electrons. The Morgan fingerprint density at radius 1 is 1.65 bits per heavy atom. The predicted octanol–water partition coefficient (Wildman–Crippen LogP) is 0.952. The molecule has 0 bridgehead atoms. The first-order chi connectivity index (χ1) is 8.19. The molecule has 0 aliphatic carbocycles. The van der Waals surface area contributed by atoms with Crippen molar-refractivity contribution in [2.75, 3.05) is 38.3 Å². The summed E-state index contributed by atoms with van der Waals surface area (Å²) >= 11 is 1.73. The molecule has 0 aromatic heterocycles. The van der Waals surface area contributed by atoms with Crippen LogP contribution in [0.1, 0.15) is 19.8 Å². The third-order valence-corrected chi connectivity index (χ3v) is 3.79. The molecule has 0 spiro atoms. The van der Waals surface area contributed by atoms with Gasteiger partial charge in [0.2, 0.25) is 5.91 Å². The van der Waals surface area contributed by atoms with Crippen molar-refractivity contribution in [3.05, 3.63) is 0 Å². The molecule has 5 heteroatoms. The number of amides is 1. The van der Waals surface area contributed by atoms with Gasteiger partial charge < -0.3 is 15.4 Å². The molecule has 1 saturated heterocycles. The van der Waals surface area contributed by atoms with Gasteiger partial charge in [0, 0.05) is 25.6 Å². The van der Waals surface area contributed by atoms with Gasteiger partial charge in [-0.15, -0.1) is 0 Å². The van der Waals surface area contributed by atoms with E-state index in [1.807, 2.05) is 18.1 Å². The van der Waals surface area contributed by atoms with Crippen LogP contribution in [0.25, 0.3) is 0 Å². The summed E-state index contributed by atoms with van der Waals surface area (Å²) < 4.78 is 5.34. The second-order valence-corrected chi connectivity index (χ2v) is 5.48. The molecule has 0 radical (unpaired) electrons. The van der Waals surface area contributed by atoms with Crippen molar-refractivity contribution >= 4 is 17.7 Å². The second kappa shape index (κ2) is 7.95. The van der Waals surface area contributed by atoms with E-state index in [-0.39, 0.29) is 11.9 Å². The maximum atomic E-state index is 12.1. The highest BCUT2D eigenvalue weighted by atomic mass is 32.2. The fourth-order valence-corrected chi connectivity index (χ4v) is 2.51. The van der Waals surface area contributed by atoms with Gasteiger partial charge in [0.25, 0.3) is 0 Å². The summed E-state index contributed by atoms with van der Waals surface area (Å²) in [5, 5.41) is 0. The van der Waals surface area contributed by atoms with Crippen molar-refractivity contribution in [1.82, 2.24) is 4.90 Å². The van der Waals surface area contributed by atoms with E-state index in [9.17, 15) is 4.79 Å². The number of carbonyl (C=O) groups is 1. The zero-order valence-corrected chi connectivity index (χ0v) is 11.7. The summed E-state index contributed by atoms with van der Waals surface area (Å²) in [7, 11) is 0. The Morgan fingerprint density at radius 3 is 2.94 bits per heavy atom. The molecular formula is C12H24N2O2S. The average molecular weight is 260 g/mol. The molecule has 1 amide bonds. The summed E-state index contributed by atoms with van der Waals surface area (Å²) in [5.74, 6) is 1.52. The minimum Gasteiger partial charge on any atom is -0.381 e. The molecule has 1 unspecified atom stereocenters. The van der Waals surface area contributed by atoms with Gasteiger partial charge in [-0.2, -0.15) is 11.8 Å². The Kier molecular flexibility index (Phi) is 6.92. The number of nitrogens with zero attached hydrogens (tertiary/aromatic N) is 1. The van der Waals surface area contributed by atoms with Crippen molar-refractivity contribution in [3.8, 4) is 0 Å². The van der Waals surface area contributed by atoms with Crippen molar-refractivity contribution in [3.63, 3.8) is 0 Å². The lowest BCUT2D eigenvalue weighted by Gasteiger charge is -2.26. The Balaban J connectivity index is 2.39. The lowest BCUT2D eigenvalue weighted by Crippen LogP contribution is -2.45.